The van der Waals surface area contributed by atoms with E-state index in [0.717, 1.165) is 18.8 Å². The Morgan fingerprint density at radius 2 is 2.57 bits per heavy atom. The van der Waals surface area contributed by atoms with Crippen molar-refractivity contribution in [1.29, 1.82) is 0 Å². The van der Waals surface area contributed by atoms with E-state index in [4.69, 9.17) is 0 Å². The summed E-state index contributed by atoms with van der Waals surface area (Å²) in [5.74, 6) is 1.13. The van der Waals surface area contributed by atoms with Crippen LogP contribution in [0.25, 0.3) is 0 Å². The Labute approximate surface area is 84.7 Å². The fraction of sp³-hybridized carbons (Fsp3) is 0.800. The monoisotopic (exact) mass is 194 g/mol. The minimum absolute atomic E-state index is 0.706. The lowest BCUT2D eigenvalue weighted by Crippen LogP contribution is -2.22. The van der Waals surface area contributed by atoms with Crippen molar-refractivity contribution in [2.24, 2.45) is 0 Å². The smallest absolute Gasteiger partial charge is 0.132 e. The molecule has 0 spiro atoms. The molecule has 0 radical (unpaired) electrons. The summed E-state index contributed by atoms with van der Waals surface area (Å²) in [5.41, 5.74) is 0. The van der Waals surface area contributed by atoms with Crippen molar-refractivity contribution in [3.05, 3.63) is 12.2 Å². The molecule has 78 valence electrons. The average Bonchev–Trinajstić information content (AvgIpc) is 2.85. The number of nitrogens with one attached hydrogen (secondary N) is 1. The van der Waals surface area contributed by atoms with Crippen LogP contribution in [0, 0.1) is 0 Å². The van der Waals surface area contributed by atoms with Crippen molar-refractivity contribution < 1.29 is 0 Å². The summed E-state index contributed by atoms with van der Waals surface area (Å²) in [6.07, 6.45) is 6.70. The van der Waals surface area contributed by atoms with Gasteiger partial charge in [-0.3, -0.25) is 0 Å². The zero-order valence-electron chi connectivity index (χ0n) is 8.74. The lowest BCUT2D eigenvalue weighted by atomic mass is 10.1. The summed E-state index contributed by atoms with van der Waals surface area (Å²) in [5, 5.41) is 11.6. The molecule has 1 aromatic rings. The van der Waals surface area contributed by atoms with E-state index in [1.165, 1.54) is 25.8 Å². The predicted molar refractivity (Wildman–Crippen MR) is 55.0 cm³/mol. The van der Waals surface area contributed by atoms with E-state index in [0.29, 0.717) is 6.04 Å². The van der Waals surface area contributed by atoms with Gasteiger partial charge in [0.05, 0.1) is 0 Å². The number of nitrogens with zero attached hydrogens (tertiary/aromatic N) is 3. The Kier molecular flexibility index (Phi) is 3.14. The highest BCUT2D eigenvalue weighted by Crippen LogP contribution is 2.11. The Bertz CT molecular complexity index is 275. The SMILES string of the molecule is CCn1cnnc1CCC1CCCN1. The molecular formula is C10H18N4. The lowest BCUT2D eigenvalue weighted by molar-refractivity contribution is 0.539. The van der Waals surface area contributed by atoms with Gasteiger partial charge in [0.15, 0.2) is 0 Å². The van der Waals surface area contributed by atoms with Gasteiger partial charge < -0.3 is 9.88 Å². The third kappa shape index (κ3) is 2.12. The number of aromatic nitrogens is 3. The fourth-order valence-electron chi connectivity index (χ4n) is 2.04. The van der Waals surface area contributed by atoms with E-state index < -0.39 is 0 Å². The molecule has 1 N–H and O–H groups in total. The Morgan fingerprint density at radius 1 is 1.64 bits per heavy atom. The second-order valence-electron chi connectivity index (χ2n) is 3.87. The lowest BCUT2D eigenvalue weighted by Gasteiger charge is -2.09. The standard InChI is InChI=1S/C10H18N4/c1-2-14-8-12-13-10(14)6-5-9-4-3-7-11-9/h8-9,11H,2-7H2,1H3. The maximum atomic E-state index is 4.13. The summed E-state index contributed by atoms with van der Waals surface area (Å²) >= 11 is 0. The van der Waals surface area contributed by atoms with Gasteiger partial charge in [0, 0.05) is 19.0 Å². The number of hydrogen-bond acceptors (Lipinski definition) is 3. The van der Waals surface area contributed by atoms with Gasteiger partial charge in [-0.2, -0.15) is 0 Å². The molecule has 1 aliphatic heterocycles. The van der Waals surface area contributed by atoms with Crippen molar-refractivity contribution in [2.45, 2.75) is 45.2 Å². The molecule has 2 heterocycles. The first kappa shape index (κ1) is 9.65. The molecule has 0 saturated carbocycles. The first-order valence-corrected chi connectivity index (χ1v) is 5.50. The summed E-state index contributed by atoms with van der Waals surface area (Å²) in [4.78, 5) is 0. The summed E-state index contributed by atoms with van der Waals surface area (Å²) < 4.78 is 2.12. The summed E-state index contributed by atoms with van der Waals surface area (Å²) in [6, 6.07) is 0.706. The Balaban J connectivity index is 1.84. The van der Waals surface area contributed by atoms with Gasteiger partial charge in [-0.1, -0.05) is 0 Å². The molecule has 4 nitrogen and oxygen atoms in total. The molecular weight excluding hydrogens is 176 g/mol. The van der Waals surface area contributed by atoms with Crippen LogP contribution in [-0.2, 0) is 13.0 Å². The van der Waals surface area contributed by atoms with Gasteiger partial charge in [0.2, 0.25) is 0 Å². The van der Waals surface area contributed by atoms with E-state index >= 15 is 0 Å². The molecule has 0 aromatic carbocycles. The minimum Gasteiger partial charge on any atom is -0.318 e. The number of aryl methyl sites for hydroxylation is 2. The minimum atomic E-state index is 0.706. The summed E-state index contributed by atoms with van der Waals surface area (Å²) in [7, 11) is 0. The molecule has 1 unspecified atom stereocenters. The Morgan fingerprint density at radius 3 is 3.29 bits per heavy atom. The molecule has 1 aromatic heterocycles. The van der Waals surface area contributed by atoms with E-state index in [9.17, 15) is 0 Å². The van der Waals surface area contributed by atoms with Crippen molar-refractivity contribution in [2.75, 3.05) is 6.54 Å². The molecule has 0 aliphatic carbocycles. The van der Waals surface area contributed by atoms with E-state index in [2.05, 4.69) is 27.0 Å². The molecule has 2 rings (SSSR count). The topological polar surface area (TPSA) is 42.7 Å². The quantitative estimate of drug-likeness (QED) is 0.777. The normalized spacial score (nSPS) is 21.6. The maximum absolute atomic E-state index is 4.13. The molecule has 0 bridgehead atoms. The predicted octanol–water partition coefficient (Wildman–Crippen LogP) is 0.983. The van der Waals surface area contributed by atoms with Gasteiger partial charge in [0.1, 0.15) is 12.2 Å². The Hall–Kier alpha value is -0.900. The van der Waals surface area contributed by atoms with Gasteiger partial charge in [-0.15, -0.1) is 10.2 Å². The van der Waals surface area contributed by atoms with Crippen LogP contribution < -0.4 is 5.32 Å². The van der Waals surface area contributed by atoms with E-state index in [-0.39, 0.29) is 0 Å². The zero-order valence-corrected chi connectivity index (χ0v) is 8.74. The van der Waals surface area contributed by atoms with Crippen molar-refractivity contribution in [1.82, 2.24) is 20.1 Å². The first-order chi connectivity index (χ1) is 6.90. The highest BCUT2D eigenvalue weighted by atomic mass is 15.3. The molecule has 1 atom stereocenters. The maximum Gasteiger partial charge on any atom is 0.132 e. The number of hydrogen-bond donors (Lipinski definition) is 1. The van der Waals surface area contributed by atoms with Gasteiger partial charge in [0.25, 0.3) is 0 Å². The van der Waals surface area contributed by atoms with Crippen molar-refractivity contribution >= 4 is 0 Å². The van der Waals surface area contributed by atoms with Gasteiger partial charge >= 0.3 is 0 Å². The number of rotatable bonds is 4. The third-order valence-electron chi connectivity index (χ3n) is 2.92. The molecule has 1 saturated heterocycles. The van der Waals surface area contributed by atoms with Crippen LogP contribution in [0.2, 0.25) is 0 Å². The van der Waals surface area contributed by atoms with Crippen LogP contribution in [0.5, 0.6) is 0 Å². The van der Waals surface area contributed by atoms with Crippen LogP contribution in [0.4, 0.5) is 0 Å². The molecule has 14 heavy (non-hydrogen) atoms. The second kappa shape index (κ2) is 4.55. The largest absolute Gasteiger partial charge is 0.318 e. The van der Waals surface area contributed by atoms with Crippen LogP contribution in [0.15, 0.2) is 6.33 Å². The van der Waals surface area contributed by atoms with Gasteiger partial charge in [-0.05, 0) is 32.7 Å². The third-order valence-corrected chi connectivity index (χ3v) is 2.92. The summed E-state index contributed by atoms with van der Waals surface area (Å²) in [6.45, 7) is 4.28. The van der Waals surface area contributed by atoms with Crippen LogP contribution in [0.1, 0.15) is 32.0 Å². The van der Waals surface area contributed by atoms with Crippen LogP contribution in [-0.4, -0.2) is 27.4 Å². The highest BCUT2D eigenvalue weighted by Gasteiger charge is 2.14. The fourth-order valence-corrected chi connectivity index (χ4v) is 2.04. The van der Waals surface area contributed by atoms with Crippen LogP contribution >= 0.6 is 0 Å². The molecule has 4 heteroatoms. The van der Waals surface area contributed by atoms with Crippen molar-refractivity contribution in [3.63, 3.8) is 0 Å². The van der Waals surface area contributed by atoms with E-state index in [1.807, 2.05) is 6.33 Å². The zero-order chi connectivity index (χ0) is 9.80. The first-order valence-electron chi connectivity index (χ1n) is 5.50. The molecule has 1 fully saturated rings. The van der Waals surface area contributed by atoms with E-state index in [1.54, 1.807) is 0 Å². The second-order valence-corrected chi connectivity index (χ2v) is 3.87. The van der Waals surface area contributed by atoms with Crippen LogP contribution in [0.3, 0.4) is 0 Å². The van der Waals surface area contributed by atoms with Gasteiger partial charge in [-0.25, -0.2) is 0 Å². The average molecular weight is 194 g/mol. The van der Waals surface area contributed by atoms with Crippen molar-refractivity contribution in [3.8, 4) is 0 Å². The molecule has 1 aliphatic rings. The molecule has 0 amide bonds. The highest BCUT2D eigenvalue weighted by molar-refractivity contribution is 4.88.